The van der Waals surface area contributed by atoms with E-state index in [9.17, 15) is 9.59 Å². The molecular weight excluding hydrogens is 324 g/mol. The van der Waals surface area contributed by atoms with E-state index in [2.05, 4.69) is 17.6 Å². The fraction of sp³-hybridized carbons (Fsp3) is 0.364. The van der Waals surface area contributed by atoms with Crippen LogP contribution in [0.15, 0.2) is 54.6 Å². The molecule has 0 spiro atoms. The first kappa shape index (κ1) is 19.7. The highest BCUT2D eigenvalue weighted by Gasteiger charge is 2.29. The smallest absolute Gasteiger partial charge is 0.272 e. The van der Waals surface area contributed by atoms with Gasteiger partial charge in [0.05, 0.1) is 5.54 Å². The fourth-order valence-corrected chi connectivity index (χ4v) is 2.71. The average molecular weight is 352 g/mol. The van der Waals surface area contributed by atoms with Gasteiger partial charge < -0.3 is 0 Å². The molecule has 1 N–H and O–H groups in total. The number of hydrogen-bond acceptors (Lipinski definition) is 2. The second-order valence-electron chi connectivity index (χ2n) is 7.55. The molecule has 0 saturated carbocycles. The van der Waals surface area contributed by atoms with E-state index in [1.54, 1.807) is 6.07 Å². The second kappa shape index (κ2) is 8.65. The summed E-state index contributed by atoms with van der Waals surface area (Å²) in [6.07, 6.45) is 1.96. The predicted octanol–water partition coefficient (Wildman–Crippen LogP) is 4.29. The summed E-state index contributed by atoms with van der Waals surface area (Å²) in [5, 5.41) is 1.44. The van der Waals surface area contributed by atoms with Gasteiger partial charge in [0.1, 0.15) is 0 Å². The van der Waals surface area contributed by atoms with Gasteiger partial charge in [0.2, 0.25) is 5.91 Å². The maximum absolute atomic E-state index is 12.9. The van der Waals surface area contributed by atoms with Gasteiger partial charge in [-0.3, -0.25) is 15.0 Å². The Kier molecular flexibility index (Phi) is 6.56. The first-order chi connectivity index (χ1) is 12.3. The molecule has 2 amide bonds. The van der Waals surface area contributed by atoms with E-state index in [0.29, 0.717) is 12.0 Å². The molecule has 2 aromatic rings. The molecule has 138 valence electrons. The zero-order valence-corrected chi connectivity index (χ0v) is 16.1. The number of amides is 2. The lowest BCUT2D eigenvalue weighted by molar-refractivity contribution is -0.126. The van der Waals surface area contributed by atoms with E-state index in [-0.39, 0.29) is 11.8 Å². The van der Waals surface area contributed by atoms with Crippen molar-refractivity contribution in [2.75, 3.05) is 0 Å². The maximum atomic E-state index is 12.9. The van der Waals surface area contributed by atoms with Crippen molar-refractivity contribution in [2.24, 2.45) is 0 Å². The second-order valence-corrected chi connectivity index (χ2v) is 7.55. The van der Waals surface area contributed by atoms with Crippen LogP contribution < -0.4 is 5.43 Å². The highest BCUT2D eigenvalue weighted by molar-refractivity contribution is 5.96. The quantitative estimate of drug-likeness (QED) is 0.816. The van der Waals surface area contributed by atoms with Crippen molar-refractivity contribution in [3.05, 3.63) is 71.3 Å². The third-order valence-electron chi connectivity index (χ3n) is 4.09. The Morgan fingerprint density at radius 1 is 1.00 bits per heavy atom. The van der Waals surface area contributed by atoms with Crippen LogP contribution in [0.25, 0.3) is 0 Å². The highest BCUT2D eigenvalue weighted by atomic mass is 16.2. The van der Waals surface area contributed by atoms with Crippen LogP contribution >= 0.6 is 0 Å². The first-order valence-corrected chi connectivity index (χ1v) is 9.02. The Hall–Kier alpha value is -2.62. The van der Waals surface area contributed by atoms with E-state index < -0.39 is 5.54 Å². The average Bonchev–Trinajstić information content (AvgIpc) is 2.59. The molecule has 0 fully saturated rings. The summed E-state index contributed by atoms with van der Waals surface area (Å²) in [7, 11) is 0. The summed E-state index contributed by atoms with van der Waals surface area (Å²) in [6.45, 7) is 7.67. The van der Waals surface area contributed by atoms with Gasteiger partial charge >= 0.3 is 0 Å². The third-order valence-corrected chi connectivity index (χ3v) is 4.09. The molecule has 0 bridgehead atoms. The molecule has 0 heterocycles. The van der Waals surface area contributed by atoms with E-state index in [4.69, 9.17) is 0 Å². The molecular formula is C22H28N2O2. The molecule has 4 nitrogen and oxygen atoms in total. The zero-order valence-electron chi connectivity index (χ0n) is 16.1. The van der Waals surface area contributed by atoms with Crippen LogP contribution in [0.4, 0.5) is 0 Å². The number of hydrogen-bond donors (Lipinski definition) is 1. The number of aryl methyl sites for hydroxylation is 2. The Labute approximate surface area is 156 Å². The van der Waals surface area contributed by atoms with Crippen molar-refractivity contribution in [3.63, 3.8) is 0 Å². The lowest BCUT2D eigenvalue weighted by Gasteiger charge is -2.35. The Bertz CT molecular complexity index is 748. The lowest BCUT2D eigenvalue weighted by atomic mass is 10.1. The summed E-state index contributed by atoms with van der Waals surface area (Å²) in [5.74, 6) is -0.338. The molecule has 0 aliphatic rings. The van der Waals surface area contributed by atoms with Crippen LogP contribution in [0.1, 0.15) is 55.1 Å². The normalized spacial score (nSPS) is 11.1. The first-order valence-electron chi connectivity index (χ1n) is 9.02. The molecule has 0 unspecified atom stereocenters. The topological polar surface area (TPSA) is 49.4 Å². The van der Waals surface area contributed by atoms with E-state index in [1.165, 1.54) is 10.6 Å². The number of carbonyl (C=O) groups is 2. The summed E-state index contributed by atoms with van der Waals surface area (Å²) in [5.41, 5.74) is 5.09. The van der Waals surface area contributed by atoms with Crippen LogP contribution in [-0.4, -0.2) is 22.4 Å². The molecule has 26 heavy (non-hydrogen) atoms. The SMILES string of the molecule is Cc1cccc(C(=O)N(NC(=O)CCCc2ccccc2)C(C)(C)C)c1. The third kappa shape index (κ3) is 5.73. The molecule has 0 saturated heterocycles. The minimum Gasteiger partial charge on any atom is -0.273 e. The molecule has 2 rings (SSSR count). The summed E-state index contributed by atoms with van der Waals surface area (Å²) < 4.78 is 0. The molecule has 0 aliphatic heterocycles. The zero-order chi connectivity index (χ0) is 19.2. The minimum atomic E-state index is -0.518. The van der Waals surface area contributed by atoms with Gasteiger partial charge in [-0.05, 0) is 58.2 Å². The Morgan fingerprint density at radius 3 is 2.31 bits per heavy atom. The van der Waals surface area contributed by atoms with Gasteiger partial charge in [-0.15, -0.1) is 0 Å². The summed E-state index contributed by atoms with van der Waals surface area (Å²) in [6, 6.07) is 17.5. The maximum Gasteiger partial charge on any atom is 0.272 e. The van der Waals surface area contributed by atoms with Crippen molar-refractivity contribution < 1.29 is 9.59 Å². The van der Waals surface area contributed by atoms with Gasteiger partial charge in [0.15, 0.2) is 0 Å². The van der Waals surface area contributed by atoms with E-state index in [1.807, 2.05) is 64.1 Å². The summed E-state index contributed by atoms with van der Waals surface area (Å²) >= 11 is 0. The number of rotatable bonds is 5. The monoisotopic (exact) mass is 352 g/mol. The van der Waals surface area contributed by atoms with Gasteiger partial charge in [-0.25, -0.2) is 5.01 Å². The van der Waals surface area contributed by atoms with Gasteiger partial charge in [0, 0.05) is 12.0 Å². The number of nitrogens with one attached hydrogen (secondary N) is 1. The minimum absolute atomic E-state index is 0.142. The standard InChI is InChI=1S/C22H28N2O2/c1-17-10-8-14-19(16-17)21(26)24(22(2,3)4)23-20(25)15-9-13-18-11-6-5-7-12-18/h5-8,10-12,14,16H,9,13,15H2,1-4H3,(H,23,25). The molecule has 4 heteroatoms. The van der Waals surface area contributed by atoms with E-state index in [0.717, 1.165) is 18.4 Å². The fourth-order valence-electron chi connectivity index (χ4n) is 2.71. The van der Waals surface area contributed by atoms with Crippen molar-refractivity contribution in [1.29, 1.82) is 0 Å². The number of carbonyl (C=O) groups excluding carboxylic acids is 2. The van der Waals surface area contributed by atoms with Crippen molar-refractivity contribution in [3.8, 4) is 0 Å². The molecule has 0 aromatic heterocycles. The lowest BCUT2D eigenvalue weighted by Crippen LogP contribution is -2.55. The van der Waals surface area contributed by atoms with Gasteiger partial charge in [0.25, 0.3) is 5.91 Å². The Balaban J connectivity index is 1.99. The largest absolute Gasteiger partial charge is 0.273 e. The van der Waals surface area contributed by atoms with Gasteiger partial charge in [-0.1, -0.05) is 48.0 Å². The Morgan fingerprint density at radius 2 is 1.69 bits per heavy atom. The van der Waals surface area contributed by atoms with Crippen molar-refractivity contribution in [1.82, 2.24) is 10.4 Å². The molecule has 0 atom stereocenters. The molecule has 0 radical (unpaired) electrons. The number of benzene rings is 2. The number of hydrazine groups is 1. The van der Waals surface area contributed by atoms with Crippen LogP contribution in [0.3, 0.4) is 0 Å². The molecule has 0 aliphatic carbocycles. The van der Waals surface area contributed by atoms with Crippen LogP contribution in [-0.2, 0) is 11.2 Å². The number of nitrogens with zero attached hydrogens (tertiary/aromatic N) is 1. The van der Waals surface area contributed by atoms with Gasteiger partial charge in [-0.2, -0.15) is 0 Å². The van der Waals surface area contributed by atoms with E-state index >= 15 is 0 Å². The molecule has 2 aromatic carbocycles. The van der Waals surface area contributed by atoms with Crippen LogP contribution in [0, 0.1) is 6.92 Å². The predicted molar refractivity (Wildman–Crippen MR) is 105 cm³/mol. The highest BCUT2D eigenvalue weighted by Crippen LogP contribution is 2.16. The van der Waals surface area contributed by atoms with Crippen molar-refractivity contribution in [2.45, 2.75) is 52.5 Å². The van der Waals surface area contributed by atoms with Crippen LogP contribution in [0.5, 0.6) is 0 Å². The van der Waals surface area contributed by atoms with Crippen molar-refractivity contribution >= 4 is 11.8 Å². The summed E-state index contributed by atoms with van der Waals surface area (Å²) in [4.78, 5) is 25.3. The van der Waals surface area contributed by atoms with Crippen LogP contribution in [0.2, 0.25) is 0 Å².